The molecule has 0 radical (unpaired) electrons. The summed E-state index contributed by atoms with van der Waals surface area (Å²) in [6.07, 6.45) is 1.40. The average Bonchev–Trinajstić information content (AvgIpc) is 1.82. The molecular weight excluding hydrogens is 130 g/mol. The van der Waals surface area contributed by atoms with Gasteiger partial charge in [-0.25, -0.2) is 0 Å². The van der Waals surface area contributed by atoms with Gasteiger partial charge in [0, 0.05) is 0 Å². The van der Waals surface area contributed by atoms with Gasteiger partial charge in [0.15, 0.2) is 5.49 Å². The maximum Gasteiger partial charge on any atom is 0.182 e. The van der Waals surface area contributed by atoms with Crippen molar-refractivity contribution < 1.29 is 5.21 Å². The average molecular weight is 139 g/mol. The molecule has 4 nitrogen and oxygen atoms in total. The number of rotatable bonds is 0. The zero-order chi connectivity index (χ0) is 7.72. The molecule has 10 heavy (non-hydrogen) atoms. The van der Waals surface area contributed by atoms with Crippen molar-refractivity contribution in [1.82, 2.24) is 9.71 Å². The number of hydrogen-bond donors (Lipinski definition) is 2. The van der Waals surface area contributed by atoms with E-state index in [-0.39, 0.29) is 5.49 Å². The summed E-state index contributed by atoms with van der Waals surface area (Å²) in [7, 11) is 0. The Balaban J connectivity index is 3.46. The van der Waals surface area contributed by atoms with Crippen molar-refractivity contribution in [3.8, 4) is 0 Å². The lowest BCUT2D eigenvalue weighted by Crippen LogP contribution is -2.21. The van der Waals surface area contributed by atoms with E-state index in [0.717, 1.165) is 4.73 Å². The standard InChI is InChI=1S/C6H9N3O/c1-4-3-9(10)6(7)5(2)8-4/h3,7,10H,1-2H3. The summed E-state index contributed by atoms with van der Waals surface area (Å²) in [5, 5.41) is 16.2. The lowest BCUT2D eigenvalue weighted by atomic mass is 10.4. The molecule has 2 N–H and O–H groups in total. The molecule has 1 aromatic heterocycles. The summed E-state index contributed by atoms with van der Waals surface area (Å²) in [6.45, 7) is 3.45. The van der Waals surface area contributed by atoms with Gasteiger partial charge >= 0.3 is 0 Å². The summed E-state index contributed by atoms with van der Waals surface area (Å²) in [5.74, 6) is 0. The van der Waals surface area contributed by atoms with Gasteiger partial charge in [-0.3, -0.25) is 10.4 Å². The molecule has 54 valence electrons. The fourth-order valence-electron chi connectivity index (χ4n) is 0.754. The fourth-order valence-corrected chi connectivity index (χ4v) is 0.754. The molecular formula is C6H9N3O. The largest absolute Gasteiger partial charge is 0.427 e. The van der Waals surface area contributed by atoms with E-state index in [1.165, 1.54) is 6.20 Å². The van der Waals surface area contributed by atoms with Crippen LogP contribution in [0.15, 0.2) is 6.20 Å². The third-order valence-electron chi connectivity index (χ3n) is 1.22. The van der Waals surface area contributed by atoms with E-state index in [1.807, 2.05) is 0 Å². The maximum absolute atomic E-state index is 8.97. The van der Waals surface area contributed by atoms with Gasteiger partial charge in [0.1, 0.15) is 0 Å². The molecule has 0 aliphatic carbocycles. The SMILES string of the molecule is Cc1cn(O)c(=N)c(C)n1. The van der Waals surface area contributed by atoms with Crippen LogP contribution in [0.3, 0.4) is 0 Å². The monoisotopic (exact) mass is 139 g/mol. The third kappa shape index (κ3) is 1.00. The quantitative estimate of drug-likeness (QED) is 0.505. The molecule has 0 spiro atoms. The lowest BCUT2D eigenvalue weighted by molar-refractivity contribution is 0.167. The second-order valence-electron chi connectivity index (χ2n) is 2.16. The number of hydrogen-bond acceptors (Lipinski definition) is 3. The van der Waals surface area contributed by atoms with Crippen LogP contribution >= 0.6 is 0 Å². The van der Waals surface area contributed by atoms with Crippen molar-refractivity contribution in [3.05, 3.63) is 23.1 Å². The van der Waals surface area contributed by atoms with E-state index in [2.05, 4.69) is 4.98 Å². The topological polar surface area (TPSA) is 61.9 Å². The van der Waals surface area contributed by atoms with Gasteiger partial charge in [-0.05, 0) is 13.8 Å². The molecule has 0 saturated heterocycles. The highest BCUT2D eigenvalue weighted by Crippen LogP contribution is 1.87. The third-order valence-corrected chi connectivity index (χ3v) is 1.22. The Labute approximate surface area is 58.2 Å². The first-order valence-corrected chi connectivity index (χ1v) is 2.92. The molecule has 0 unspecified atom stereocenters. The summed E-state index contributed by atoms with van der Waals surface area (Å²) in [5.41, 5.74) is 1.27. The Bertz CT molecular complexity index is 276. The molecule has 0 fully saturated rings. The van der Waals surface area contributed by atoms with E-state index in [1.54, 1.807) is 13.8 Å². The van der Waals surface area contributed by atoms with Crippen LogP contribution in [0.2, 0.25) is 0 Å². The van der Waals surface area contributed by atoms with Crippen LogP contribution in [0, 0.1) is 19.3 Å². The Morgan fingerprint density at radius 1 is 1.60 bits per heavy atom. The maximum atomic E-state index is 8.97. The Morgan fingerprint density at radius 3 is 2.70 bits per heavy atom. The van der Waals surface area contributed by atoms with Crippen LogP contribution in [0.4, 0.5) is 0 Å². The molecule has 1 rings (SSSR count). The molecule has 0 amide bonds. The highest BCUT2D eigenvalue weighted by atomic mass is 16.5. The van der Waals surface area contributed by atoms with Crippen LogP contribution in [0.5, 0.6) is 0 Å². The van der Waals surface area contributed by atoms with Gasteiger partial charge in [-0.1, -0.05) is 0 Å². The number of aryl methyl sites for hydroxylation is 2. The van der Waals surface area contributed by atoms with Crippen LogP contribution in [0.25, 0.3) is 0 Å². The molecule has 0 saturated carbocycles. The Morgan fingerprint density at radius 2 is 2.20 bits per heavy atom. The minimum Gasteiger partial charge on any atom is -0.427 e. The highest BCUT2D eigenvalue weighted by Gasteiger charge is 1.95. The van der Waals surface area contributed by atoms with E-state index >= 15 is 0 Å². The predicted molar refractivity (Wildman–Crippen MR) is 34.7 cm³/mol. The Hall–Kier alpha value is -1.32. The second kappa shape index (κ2) is 2.13. The minimum absolute atomic E-state index is 0.0330. The summed E-state index contributed by atoms with van der Waals surface area (Å²) >= 11 is 0. The van der Waals surface area contributed by atoms with Gasteiger partial charge in [0.2, 0.25) is 0 Å². The molecule has 1 heterocycles. The predicted octanol–water partition coefficient (Wildman–Crippen LogP) is 0.217. The zero-order valence-electron chi connectivity index (χ0n) is 5.92. The first-order valence-electron chi connectivity index (χ1n) is 2.92. The van der Waals surface area contributed by atoms with Crippen molar-refractivity contribution in [2.75, 3.05) is 0 Å². The number of aromatic nitrogens is 2. The van der Waals surface area contributed by atoms with Gasteiger partial charge in [-0.15, -0.1) is 0 Å². The normalized spacial score (nSPS) is 9.80. The van der Waals surface area contributed by atoms with Gasteiger partial charge < -0.3 is 5.21 Å². The molecule has 0 aliphatic heterocycles. The number of nitrogens with one attached hydrogen (secondary N) is 1. The van der Waals surface area contributed by atoms with Crippen molar-refractivity contribution in [2.24, 2.45) is 0 Å². The van der Waals surface area contributed by atoms with E-state index in [0.29, 0.717) is 11.4 Å². The minimum atomic E-state index is 0.0330. The van der Waals surface area contributed by atoms with Crippen molar-refractivity contribution in [3.63, 3.8) is 0 Å². The molecule has 1 aromatic rings. The van der Waals surface area contributed by atoms with Crippen LogP contribution in [-0.4, -0.2) is 14.9 Å². The van der Waals surface area contributed by atoms with Crippen LogP contribution in [0.1, 0.15) is 11.4 Å². The summed E-state index contributed by atoms with van der Waals surface area (Å²) in [6, 6.07) is 0. The molecule has 4 heteroatoms. The van der Waals surface area contributed by atoms with Crippen molar-refractivity contribution >= 4 is 0 Å². The van der Waals surface area contributed by atoms with E-state index < -0.39 is 0 Å². The first kappa shape index (κ1) is 6.80. The molecule has 0 aliphatic rings. The van der Waals surface area contributed by atoms with E-state index in [9.17, 15) is 0 Å². The lowest BCUT2D eigenvalue weighted by Gasteiger charge is -1.99. The number of nitrogens with zero attached hydrogens (tertiary/aromatic N) is 2. The second-order valence-corrected chi connectivity index (χ2v) is 2.16. The summed E-state index contributed by atoms with van der Waals surface area (Å²) in [4.78, 5) is 3.97. The molecule has 0 atom stereocenters. The van der Waals surface area contributed by atoms with Crippen molar-refractivity contribution in [2.45, 2.75) is 13.8 Å². The molecule has 0 aromatic carbocycles. The van der Waals surface area contributed by atoms with Crippen LogP contribution < -0.4 is 5.49 Å². The highest BCUT2D eigenvalue weighted by molar-refractivity contribution is 4.98. The summed E-state index contributed by atoms with van der Waals surface area (Å²) < 4.78 is 0.762. The van der Waals surface area contributed by atoms with Gasteiger partial charge in [0.25, 0.3) is 0 Å². The zero-order valence-corrected chi connectivity index (χ0v) is 5.92. The fraction of sp³-hybridized carbons (Fsp3) is 0.333. The van der Waals surface area contributed by atoms with Gasteiger partial charge in [-0.2, -0.15) is 4.73 Å². The smallest absolute Gasteiger partial charge is 0.182 e. The van der Waals surface area contributed by atoms with Gasteiger partial charge in [0.05, 0.1) is 17.6 Å². The van der Waals surface area contributed by atoms with Crippen LogP contribution in [-0.2, 0) is 0 Å². The molecule has 0 bridgehead atoms. The van der Waals surface area contributed by atoms with E-state index in [4.69, 9.17) is 10.6 Å². The Kier molecular flexibility index (Phi) is 1.45. The first-order chi connectivity index (χ1) is 4.61. The van der Waals surface area contributed by atoms with Crippen molar-refractivity contribution in [1.29, 1.82) is 5.41 Å².